The Morgan fingerprint density at radius 1 is 1.26 bits per heavy atom. The summed E-state index contributed by atoms with van der Waals surface area (Å²) in [6, 6.07) is 6.42. The first kappa shape index (κ1) is 17.2. The minimum Gasteiger partial charge on any atom is -0.360 e. The lowest BCUT2D eigenvalue weighted by Gasteiger charge is -2.08. The van der Waals surface area contributed by atoms with Crippen molar-refractivity contribution in [1.82, 2.24) is 10.5 Å². The largest absolute Gasteiger partial charge is 0.360 e. The molecule has 0 saturated carbocycles. The minimum absolute atomic E-state index is 0.0611. The molecule has 7 heteroatoms. The fraction of sp³-hybridized carbons (Fsp3) is 0.375. The van der Waals surface area contributed by atoms with Gasteiger partial charge in [-0.1, -0.05) is 31.1 Å². The van der Waals surface area contributed by atoms with Crippen LogP contribution in [0.4, 0.5) is 0 Å². The number of nitrogens with one attached hydrogen (secondary N) is 1. The summed E-state index contributed by atoms with van der Waals surface area (Å²) in [4.78, 5) is 12.6. The van der Waals surface area contributed by atoms with E-state index in [2.05, 4.69) is 10.5 Å². The summed E-state index contributed by atoms with van der Waals surface area (Å²) in [6.07, 6.45) is 1.16. The predicted octanol–water partition coefficient (Wildman–Crippen LogP) is 2.44. The van der Waals surface area contributed by atoms with E-state index >= 15 is 0 Å². The van der Waals surface area contributed by atoms with Gasteiger partial charge in [-0.25, -0.2) is 8.42 Å². The van der Waals surface area contributed by atoms with Crippen LogP contribution in [0.25, 0.3) is 0 Å². The molecule has 124 valence electrons. The Labute approximate surface area is 135 Å². The molecule has 0 aliphatic rings. The lowest BCUT2D eigenvalue weighted by atomic mass is 10.0. The zero-order valence-corrected chi connectivity index (χ0v) is 14.4. The number of sulfone groups is 1. The average molecular weight is 336 g/mol. The molecule has 0 atom stereocenters. The smallest absolute Gasteiger partial charge is 0.257 e. The van der Waals surface area contributed by atoms with Crippen molar-refractivity contribution >= 4 is 15.7 Å². The van der Waals surface area contributed by atoms with Crippen LogP contribution >= 0.6 is 0 Å². The first-order chi connectivity index (χ1) is 10.7. The van der Waals surface area contributed by atoms with Crippen LogP contribution in [0.5, 0.6) is 0 Å². The molecule has 1 heterocycles. The van der Waals surface area contributed by atoms with Crippen LogP contribution in [-0.4, -0.2) is 25.7 Å². The molecule has 0 aliphatic carbocycles. The molecule has 0 fully saturated rings. The standard InChI is InChI=1S/C16H20N2O4S/c1-10(2)15-14(11(3)18-22-15)16(19)17-9-12-5-7-13(8-6-12)23(4,20)21/h5-8,10H,9H2,1-4H3,(H,17,19). The van der Waals surface area contributed by atoms with E-state index in [-0.39, 0.29) is 16.7 Å². The topological polar surface area (TPSA) is 89.3 Å². The Kier molecular flexibility index (Phi) is 4.89. The molecule has 0 radical (unpaired) electrons. The van der Waals surface area contributed by atoms with E-state index in [0.29, 0.717) is 23.6 Å². The van der Waals surface area contributed by atoms with Crippen LogP contribution in [0.15, 0.2) is 33.7 Å². The number of aromatic nitrogens is 1. The summed E-state index contributed by atoms with van der Waals surface area (Å²) >= 11 is 0. The van der Waals surface area contributed by atoms with Crippen molar-refractivity contribution in [3.05, 3.63) is 46.8 Å². The number of hydrogen-bond donors (Lipinski definition) is 1. The van der Waals surface area contributed by atoms with Crippen molar-refractivity contribution in [2.24, 2.45) is 0 Å². The molecule has 2 rings (SSSR count). The fourth-order valence-electron chi connectivity index (χ4n) is 2.18. The van der Waals surface area contributed by atoms with E-state index in [1.807, 2.05) is 13.8 Å². The third-order valence-corrected chi connectivity index (χ3v) is 4.57. The summed E-state index contributed by atoms with van der Waals surface area (Å²) in [5, 5.41) is 6.66. The van der Waals surface area contributed by atoms with Crippen LogP contribution in [0.1, 0.15) is 47.1 Å². The fourth-order valence-corrected chi connectivity index (χ4v) is 2.81. The highest BCUT2D eigenvalue weighted by Gasteiger charge is 2.22. The third kappa shape index (κ3) is 3.98. The van der Waals surface area contributed by atoms with Gasteiger partial charge in [-0.15, -0.1) is 0 Å². The van der Waals surface area contributed by atoms with E-state index in [4.69, 9.17) is 4.52 Å². The molecular formula is C16H20N2O4S. The first-order valence-corrected chi connectivity index (χ1v) is 9.12. The van der Waals surface area contributed by atoms with E-state index in [9.17, 15) is 13.2 Å². The summed E-state index contributed by atoms with van der Waals surface area (Å²) in [6.45, 7) is 5.89. The number of aryl methyl sites for hydroxylation is 1. The molecule has 1 N–H and O–H groups in total. The second-order valence-corrected chi connectivity index (χ2v) is 7.78. The zero-order valence-electron chi connectivity index (χ0n) is 13.6. The van der Waals surface area contributed by atoms with Gasteiger partial charge in [-0.2, -0.15) is 0 Å². The van der Waals surface area contributed by atoms with E-state index in [1.54, 1.807) is 19.1 Å². The highest BCUT2D eigenvalue weighted by molar-refractivity contribution is 7.90. The Bertz CT molecular complexity index is 805. The van der Waals surface area contributed by atoms with Crippen molar-refractivity contribution in [2.75, 3.05) is 6.26 Å². The normalized spacial score (nSPS) is 11.7. The van der Waals surface area contributed by atoms with Crippen LogP contribution in [0.3, 0.4) is 0 Å². The highest BCUT2D eigenvalue weighted by atomic mass is 32.2. The van der Waals surface area contributed by atoms with Crippen molar-refractivity contribution < 1.29 is 17.7 Å². The van der Waals surface area contributed by atoms with E-state index < -0.39 is 9.84 Å². The van der Waals surface area contributed by atoms with Gasteiger partial charge in [-0.3, -0.25) is 4.79 Å². The van der Waals surface area contributed by atoms with Gasteiger partial charge in [0.2, 0.25) is 0 Å². The Hall–Kier alpha value is -2.15. The summed E-state index contributed by atoms with van der Waals surface area (Å²) < 4.78 is 28.0. The molecule has 0 bridgehead atoms. The molecule has 0 aliphatic heterocycles. The van der Waals surface area contributed by atoms with Gasteiger partial charge in [-0.05, 0) is 24.6 Å². The molecule has 0 spiro atoms. The Balaban J connectivity index is 2.09. The maximum atomic E-state index is 12.3. The van der Waals surface area contributed by atoms with Gasteiger partial charge in [0, 0.05) is 18.7 Å². The maximum absolute atomic E-state index is 12.3. The molecule has 1 aromatic heterocycles. The lowest BCUT2D eigenvalue weighted by Crippen LogP contribution is -2.24. The van der Waals surface area contributed by atoms with Crippen LogP contribution < -0.4 is 5.32 Å². The SMILES string of the molecule is Cc1noc(C(C)C)c1C(=O)NCc1ccc(S(C)(=O)=O)cc1. The summed E-state index contributed by atoms with van der Waals surface area (Å²) in [5.41, 5.74) is 1.83. The van der Waals surface area contributed by atoms with E-state index in [0.717, 1.165) is 11.8 Å². The van der Waals surface area contributed by atoms with Gasteiger partial charge in [0.25, 0.3) is 5.91 Å². The third-order valence-electron chi connectivity index (χ3n) is 3.45. The Morgan fingerprint density at radius 2 is 1.87 bits per heavy atom. The van der Waals surface area contributed by atoms with Crippen molar-refractivity contribution in [3.8, 4) is 0 Å². The van der Waals surface area contributed by atoms with E-state index in [1.165, 1.54) is 12.1 Å². The van der Waals surface area contributed by atoms with Gasteiger partial charge >= 0.3 is 0 Å². The van der Waals surface area contributed by atoms with Crippen molar-refractivity contribution in [3.63, 3.8) is 0 Å². The molecule has 0 saturated heterocycles. The minimum atomic E-state index is -3.22. The molecule has 0 unspecified atom stereocenters. The highest BCUT2D eigenvalue weighted by Crippen LogP contribution is 2.22. The van der Waals surface area contributed by atoms with Crippen molar-refractivity contribution in [2.45, 2.75) is 38.1 Å². The number of amides is 1. The second-order valence-electron chi connectivity index (χ2n) is 5.76. The van der Waals surface area contributed by atoms with Gasteiger partial charge in [0.05, 0.1) is 10.6 Å². The monoisotopic (exact) mass is 336 g/mol. The molecular weight excluding hydrogens is 316 g/mol. The maximum Gasteiger partial charge on any atom is 0.257 e. The number of carbonyl (C=O) groups is 1. The predicted molar refractivity (Wildman–Crippen MR) is 86.1 cm³/mol. The number of benzene rings is 1. The first-order valence-electron chi connectivity index (χ1n) is 7.23. The molecule has 1 aromatic carbocycles. The van der Waals surface area contributed by atoms with Gasteiger partial charge in [0.1, 0.15) is 5.56 Å². The Morgan fingerprint density at radius 3 is 2.39 bits per heavy atom. The number of rotatable bonds is 5. The van der Waals surface area contributed by atoms with Gasteiger partial charge in [0.15, 0.2) is 15.6 Å². The molecule has 1 amide bonds. The number of hydrogen-bond acceptors (Lipinski definition) is 5. The molecule has 2 aromatic rings. The lowest BCUT2D eigenvalue weighted by molar-refractivity contribution is 0.0948. The second kappa shape index (κ2) is 6.54. The number of carbonyl (C=O) groups excluding carboxylic acids is 1. The van der Waals surface area contributed by atoms with Crippen LogP contribution in [0.2, 0.25) is 0 Å². The van der Waals surface area contributed by atoms with Crippen LogP contribution in [-0.2, 0) is 16.4 Å². The molecule has 23 heavy (non-hydrogen) atoms. The summed E-state index contributed by atoms with van der Waals surface area (Å²) in [5.74, 6) is 0.373. The number of nitrogens with zero attached hydrogens (tertiary/aromatic N) is 1. The summed E-state index contributed by atoms with van der Waals surface area (Å²) in [7, 11) is -3.22. The van der Waals surface area contributed by atoms with Crippen LogP contribution in [0, 0.1) is 6.92 Å². The zero-order chi connectivity index (χ0) is 17.2. The van der Waals surface area contributed by atoms with Gasteiger partial charge < -0.3 is 9.84 Å². The van der Waals surface area contributed by atoms with Crippen molar-refractivity contribution in [1.29, 1.82) is 0 Å². The molecule has 6 nitrogen and oxygen atoms in total. The quantitative estimate of drug-likeness (QED) is 0.906. The average Bonchev–Trinajstić information content (AvgIpc) is 2.86.